The number of aryl methyl sites for hydroxylation is 1. The Bertz CT molecular complexity index is 905. The number of halogens is 1. The molecule has 29 heavy (non-hydrogen) atoms. The molecule has 0 atom stereocenters. The standard InChI is InChI=1S/C20H20ClN3O5/c1-14-12-15(5-6-16(14)21)24(10-3-8-22)18(25)13-29-19(26)7-9-23-20(27)17-4-2-11-28-17/h2,4-6,11-12H,3,7,9-10,13H2,1H3,(H,23,27). The fraction of sp³-hybridized carbons (Fsp3) is 0.300. The van der Waals surface area contributed by atoms with Crippen LogP contribution in [-0.4, -0.2) is 37.5 Å². The molecule has 9 heteroatoms. The van der Waals surface area contributed by atoms with Crippen molar-refractivity contribution in [1.82, 2.24) is 5.32 Å². The van der Waals surface area contributed by atoms with Crippen LogP contribution in [0.4, 0.5) is 5.69 Å². The van der Waals surface area contributed by atoms with E-state index in [9.17, 15) is 14.4 Å². The van der Waals surface area contributed by atoms with Crippen LogP contribution in [0.1, 0.15) is 29.0 Å². The Morgan fingerprint density at radius 1 is 1.31 bits per heavy atom. The van der Waals surface area contributed by atoms with Crippen LogP contribution in [0.15, 0.2) is 41.0 Å². The molecule has 2 amide bonds. The van der Waals surface area contributed by atoms with Crippen LogP contribution in [0, 0.1) is 18.3 Å². The number of rotatable bonds is 9. The summed E-state index contributed by atoms with van der Waals surface area (Å²) in [4.78, 5) is 37.4. The van der Waals surface area contributed by atoms with Crippen LogP contribution in [0.5, 0.6) is 0 Å². The van der Waals surface area contributed by atoms with E-state index in [2.05, 4.69) is 5.32 Å². The van der Waals surface area contributed by atoms with E-state index < -0.39 is 24.4 Å². The van der Waals surface area contributed by atoms with Gasteiger partial charge in [-0.05, 0) is 42.8 Å². The number of benzene rings is 1. The lowest BCUT2D eigenvalue weighted by atomic mass is 10.2. The first-order valence-corrected chi connectivity index (χ1v) is 9.21. The van der Waals surface area contributed by atoms with Gasteiger partial charge in [0.1, 0.15) is 0 Å². The van der Waals surface area contributed by atoms with Crippen LogP contribution in [0.25, 0.3) is 0 Å². The number of anilines is 1. The lowest BCUT2D eigenvalue weighted by Gasteiger charge is -2.22. The Hall–Kier alpha value is -3.31. The Labute approximate surface area is 173 Å². The molecule has 1 aromatic heterocycles. The number of hydrogen-bond acceptors (Lipinski definition) is 6. The molecule has 0 saturated carbocycles. The van der Waals surface area contributed by atoms with Gasteiger partial charge >= 0.3 is 5.97 Å². The van der Waals surface area contributed by atoms with Gasteiger partial charge in [0, 0.05) is 23.8 Å². The first kappa shape index (κ1) is 22.0. The highest BCUT2D eigenvalue weighted by molar-refractivity contribution is 6.31. The summed E-state index contributed by atoms with van der Waals surface area (Å²) in [7, 11) is 0. The van der Waals surface area contributed by atoms with Crippen LogP contribution in [0.3, 0.4) is 0 Å². The topological polar surface area (TPSA) is 113 Å². The lowest BCUT2D eigenvalue weighted by Crippen LogP contribution is -2.36. The van der Waals surface area contributed by atoms with Crippen LogP contribution < -0.4 is 10.2 Å². The summed E-state index contributed by atoms with van der Waals surface area (Å²) >= 11 is 6.01. The maximum Gasteiger partial charge on any atom is 0.308 e. The molecule has 8 nitrogen and oxygen atoms in total. The van der Waals surface area contributed by atoms with Gasteiger partial charge in [0.15, 0.2) is 12.4 Å². The number of carbonyl (C=O) groups is 3. The fourth-order valence-electron chi connectivity index (χ4n) is 2.42. The fourth-order valence-corrected chi connectivity index (χ4v) is 2.54. The van der Waals surface area contributed by atoms with Gasteiger partial charge in [0.05, 0.1) is 25.2 Å². The van der Waals surface area contributed by atoms with E-state index in [1.54, 1.807) is 31.2 Å². The third-order valence-corrected chi connectivity index (χ3v) is 4.34. The van der Waals surface area contributed by atoms with E-state index in [1.807, 2.05) is 6.07 Å². The van der Waals surface area contributed by atoms with E-state index in [0.717, 1.165) is 5.56 Å². The minimum Gasteiger partial charge on any atom is -0.459 e. The summed E-state index contributed by atoms with van der Waals surface area (Å²) in [5, 5.41) is 11.9. The van der Waals surface area contributed by atoms with Crippen molar-refractivity contribution in [3.8, 4) is 6.07 Å². The second-order valence-corrected chi connectivity index (χ2v) is 6.44. The third kappa shape index (κ3) is 6.66. The number of nitrogens with one attached hydrogen (secondary N) is 1. The maximum absolute atomic E-state index is 12.5. The zero-order valence-electron chi connectivity index (χ0n) is 15.8. The van der Waals surface area contributed by atoms with Crippen LogP contribution >= 0.6 is 11.6 Å². The van der Waals surface area contributed by atoms with Gasteiger partial charge in [0.2, 0.25) is 0 Å². The molecule has 0 aliphatic heterocycles. The van der Waals surface area contributed by atoms with E-state index in [-0.39, 0.29) is 31.7 Å². The van der Waals surface area contributed by atoms with Crippen LogP contribution in [0.2, 0.25) is 5.02 Å². The maximum atomic E-state index is 12.5. The highest BCUT2D eigenvalue weighted by atomic mass is 35.5. The second-order valence-electron chi connectivity index (χ2n) is 6.03. The van der Waals surface area contributed by atoms with Crippen molar-refractivity contribution in [3.63, 3.8) is 0 Å². The number of furan rings is 1. The molecule has 0 fully saturated rings. The van der Waals surface area contributed by atoms with E-state index >= 15 is 0 Å². The second kappa shape index (κ2) is 10.9. The van der Waals surface area contributed by atoms with E-state index in [4.69, 9.17) is 26.0 Å². The molecular weight excluding hydrogens is 398 g/mol. The lowest BCUT2D eigenvalue weighted by molar-refractivity contribution is -0.147. The average Bonchev–Trinajstić information content (AvgIpc) is 3.24. The smallest absolute Gasteiger partial charge is 0.308 e. The van der Waals surface area contributed by atoms with Crippen LogP contribution in [-0.2, 0) is 14.3 Å². The zero-order chi connectivity index (χ0) is 21.2. The van der Waals surface area contributed by atoms with Gasteiger partial charge in [0.25, 0.3) is 11.8 Å². The zero-order valence-corrected chi connectivity index (χ0v) is 16.6. The molecule has 0 aliphatic rings. The van der Waals surface area contributed by atoms with Crippen molar-refractivity contribution in [2.75, 3.05) is 24.6 Å². The van der Waals surface area contributed by atoms with Gasteiger partial charge in [-0.25, -0.2) is 0 Å². The van der Waals surface area contributed by atoms with E-state index in [0.29, 0.717) is 10.7 Å². The molecule has 0 unspecified atom stereocenters. The first-order chi connectivity index (χ1) is 13.9. The third-order valence-electron chi connectivity index (χ3n) is 3.92. The molecule has 1 aromatic carbocycles. The van der Waals surface area contributed by atoms with Gasteiger partial charge in [-0.1, -0.05) is 11.6 Å². The molecule has 0 aliphatic carbocycles. The highest BCUT2D eigenvalue weighted by Crippen LogP contribution is 2.23. The molecule has 2 rings (SSSR count). The number of ether oxygens (including phenoxy) is 1. The summed E-state index contributed by atoms with van der Waals surface area (Å²) in [6.07, 6.45) is 1.40. The van der Waals surface area contributed by atoms with Gasteiger partial charge in [-0.2, -0.15) is 5.26 Å². The molecule has 2 aromatic rings. The molecule has 152 valence electrons. The van der Waals surface area contributed by atoms with Crippen molar-refractivity contribution in [1.29, 1.82) is 5.26 Å². The number of hydrogen-bond donors (Lipinski definition) is 1. The number of carbonyl (C=O) groups excluding carboxylic acids is 3. The van der Waals surface area contributed by atoms with Crippen molar-refractivity contribution in [2.24, 2.45) is 0 Å². The molecule has 0 spiro atoms. The Morgan fingerprint density at radius 3 is 2.76 bits per heavy atom. The predicted octanol–water partition coefficient (Wildman–Crippen LogP) is 2.85. The normalized spacial score (nSPS) is 10.1. The minimum absolute atomic E-state index is 0.0427. The minimum atomic E-state index is -0.634. The summed E-state index contributed by atoms with van der Waals surface area (Å²) in [5.74, 6) is -1.40. The summed E-state index contributed by atoms with van der Waals surface area (Å²) in [6.45, 7) is 1.53. The quantitative estimate of drug-likeness (QED) is 0.627. The van der Waals surface area contributed by atoms with Gasteiger partial charge in [-0.15, -0.1) is 0 Å². The molecule has 0 saturated heterocycles. The monoisotopic (exact) mass is 417 g/mol. The number of esters is 1. The highest BCUT2D eigenvalue weighted by Gasteiger charge is 2.18. The summed E-state index contributed by atoms with van der Waals surface area (Å²) < 4.78 is 9.94. The van der Waals surface area contributed by atoms with Gasteiger partial charge in [-0.3, -0.25) is 14.4 Å². The number of amides is 2. The predicted molar refractivity (Wildman–Crippen MR) is 105 cm³/mol. The SMILES string of the molecule is Cc1cc(N(CCC#N)C(=O)COC(=O)CCNC(=O)c2ccco2)ccc1Cl. The van der Waals surface area contributed by atoms with Crippen molar-refractivity contribution < 1.29 is 23.5 Å². The van der Waals surface area contributed by atoms with Crippen molar-refractivity contribution in [2.45, 2.75) is 19.8 Å². The van der Waals surface area contributed by atoms with Crippen molar-refractivity contribution >= 4 is 35.1 Å². The number of nitrogens with zero attached hydrogens (tertiary/aromatic N) is 2. The molecule has 1 heterocycles. The summed E-state index contributed by atoms with van der Waals surface area (Å²) in [5.41, 5.74) is 1.34. The molecule has 0 radical (unpaired) electrons. The Balaban J connectivity index is 1.85. The molecule has 1 N–H and O–H groups in total. The first-order valence-electron chi connectivity index (χ1n) is 8.83. The average molecular weight is 418 g/mol. The van der Waals surface area contributed by atoms with Crippen molar-refractivity contribution in [3.05, 3.63) is 52.9 Å². The van der Waals surface area contributed by atoms with E-state index in [1.165, 1.54) is 17.2 Å². The summed E-state index contributed by atoms with van der Waals surface area (Å²) in [6, 6.07) is 10.1. The Kier molecular flexibility index (Phi) is 8.25. The largest absolute Gasteiger partial charge is 0.459 e. The molecule has 0 bridgehead atoms. The molecular formula is C20H20ClN3O5. The Morgan fingerprint density at radius 2 is 2.10 bits per heavy atom. The number of nitriles is 1. The van der Waals surface area contributed by atoms with Gasteiger partial charge < -0.3 is 19.4 Å².